The van der Waals surface area contributed by atoms with E-state index in [2.05, 4.69) is 35.1 Å². The molecule has 0 saturated heterocycles. The number of aromatic nitrogens is 1. The van der Waals surface area contributed by atoms with E-state index >= 15 is 0 Å². The first-order valence-electron chi connectivity index (χ1n) is 7.57. The first-order chi connectivity index (χ1) is 9.72. The number of nitrogen functional groups attached to an aromatic ring is 1. The molecule has 0 unspecified atom stereocenters. The molecule has 1 aliphatic rings. The van der Waals surface area contributed by atoms with E-state index in [1.807, 2.05) is 0 Å². The molecule has 1 aromatic carbocycles. The Kier molecular flexibility index (Phi) is 4.22. The fraction of sp³-hybridized carbons (Fsp3) is 0.562. The quantitative estimate of drug-likeness (QED) is 0.867. The number of anilines is 1. The van der Waals surface area contributed by atoms with Crippen LogP contribution in [0.1, 0.15) is 44.1 Å². The van der Waals surface area contributed by atoms with Crippen LogP contribution in [0.2, 0.25) is 0 Å². The smallest absolute Gasteiger partial charge is 0.181 e. The van der Waals surface area contributed by atoms with E-state index in [9.17, 15) is 0 Å². The Labute approximate surface area is 124 Å². The second-order valence-electron chi connectivity index (χ2n) is 5.91. The van der Waals surface area contributed by atoms with E-state index in [1.54, 1.807) is 11.3 Å². The molecule has 3 rings (SSSR count). The summed E-state index contributed by atoms with van der Waals surface area (Å²) in [6.45, 7) is 1.03. The first kappa shape index (κ1) is 13.8. The maximum atomic E-state index is 5.77. The van der Waals surface area contributed by atoms with E-state index in [4.69, 9.17) is 5.73 Å². The van der Waals surface area contributed by atoms with Crippen LogP contribution >= 0.6 is 11.3 Å². The zero-order chi connectivity index (χ0) is 13.9. The van der Waals surface area contributed by atoms with Gasteiger partial charge < -0.3 is 5.73 Å². The zero-order valence-electron chi connectivity index (χ0n) is 12.1. The van der Waals surface area contributed by atoms with Gasteiger partial charge in [0.2, 0.25) is 0 Å². The van der Waals surface area contributed by atoms with Crippen LogP contribution in [0.15, 0.2) is 18.2 Å². The summed E-state index contributed by atoms with van der Waals surface area (Å²) in [6, 6.07) is 7.28. The fourth-order valence-corrected chi connectivity index (χ4v) is 4.00. The lowest BCUT2D eigenvalue weighted by Gasteiger charge is -2.27. The van der Waals surface area contributed by atoms with Crippen molar-refractivity contribution in [3.05, 3.63) is 23.8 Å². The summed E-state index contributed by atoms with van der Waals surface area (Å²) < 4.78 is 1.20. The molecule has 0 amide bonds. The van der Waals surface area contributed by atoms with Gasteiger partial charge in [-0.3, -0.25) is 4.90 Å². The number of fused-ring (bicyclic) bond motifs is 1. The van der Waals surface area contributed by atoms with Crippen LogP contribution < -0.4 is 5.73 Å². The highest BCUT2D eigenvalue weighted by Gasteiger charge is 2.17. The van der Waals surface area contributed by atoms with Crippen molar-refractivity contribution in [1.29, 1.82) is 0 Å². The molecule has 0 radical (unpaired) electrons. The maximum absolute atomic E-state index is 5.77. The van der Waals surface area contributed by atoms with Gasteiger partial charge in [0.05, 0.1) is 10.2 Å². The Morgan fingerprint density at radius 3 is 2.75 bits per heavy atom. The number of hydrogen-bond donors (Lipinski definition) is 1. The van der Waals surface area contributed by atoms with Gasteiger partial charge in [0.1, 0.15) is 0 Å². The summed E-state index contributed by atoms with van der Waals surface area (Å²) in [7, 11) is 2.27. The number of thiazole rings is 1. The summed E-state index contributed by atoms with van der Waals surface area (Å²) >= 11 is 1.58. The zero-order valence-corrected chi connectivity index (χ0v) is 13.0. The molecule has 108 valence electrons. The third-order valence-electron chi connectivity index (χ3n) is 4.35. The number of benzene rings is 1. The van der Waals surface area contributed by atoms with E-state index in [1.165, 1.54) is 48.8 Å². The van der Waals surface area contributed by atoms with Gasteiger partial charge in [-0.05, 0) is 37.6 Å². The lowest BCUT2D eigenvalue weighted by molar-refractivity contribution is 0.213. The summed E-state index contributed by atoms with van der Waals surface area (Å²) in [6.07, 6.45) is 8.31. The SMILES string of the molecule is CN(Cc1ccc2nc(N)sc2c1)C1CCCCCC1. The van der Waals surface area contributed by atoms with E-state index in [0.29, 0.717) is 5.13 Å². The Balaban J connectivity index is 1.71. The lowest BCUT2D eigenvalue weighted by atomic mass is 10.1. The third kappa shape index (κ3) is 3.13. The summed E-state index contributed by atoms with van der Waals surface area (Å²) in [5.74, 6) is 0. The van der Waals surface area contributed by atoms with Crippen LogP contribution in [0.4, 0.5) is 5.13 Å². The predicted molar refractivity (Wildman–Crippen MR) is 87.0 cm³/mol. The molecule has 3 nitrogen and oxygen atoms in total. The van der Waals surface area contributed by atoms with Crippen molar-refractivity contribution >= 4 is 26.7 Å². The lowest BCUT2D eigenvalue weighted by Crippen LogP contribution is -2.30. The molecule has 0 atom stereocenters. The standard InChI is InChI=1S/C16H23N3S/c1-19(13-6-4-2-3-5-7-13)11-12-8-9-14-15(10-12)20-16(17)18-14/h8-10,13H,2-7,11H2,1H3,(H2,17,18). The second-order valence-corrected chi connectivity index (χ2v) is 6.98. The minimum atomic E-state index is 0.661. The van der Waals surface area contributed by atoms with Gasteiger partial charge in [-0.2, -0.15) is 0 Å². The third-order valence-corrected chi connectivity index (χ3v) is 5.20. The first-order valence-corrected chi connectivity index (χ1v) is 8.39. The molecule has 20 heavy (non-hydrogen) atoms. The average molecular weight is 289 g/mol. The molecule has 0 aliphatic heterocycles. The van der Waals surface area contributed by atoms with Crippen molar-refractivity contribution in [3.8, 4) is 0 Å². The summed E-state index contributed by atoms with van der Waals surface area (Å²) in [5.41, 5.74) is 8.16. The van der Waals surface area contributed by atoms with E-state index in [0.717, 1.165) is 18.1 Å². The summed E-state index contributed by atoms with van der Waals surface area (Å²) in [4.78, 5) is 6.84. The topological polar surface area (TPSA) is 42.2 Å². The van der Waals surface area contributed by atoms with Crippen LogP contribution in [-0.2, 0) is 6.54 Å². The highest BCUT2D eigenvalue weighted by atomic mass is 32.1. The molecular weight excluding hydrogens is 266 g/mol. The van der Waals surface area contributed by atoms with Crippen molar-refractivity contribution in [3.63, 3.8) is 0 Å². The van der Waals surface area contributed by atoms with Crippen molar-refractivity contribution < 1.29 is 0 Å². The summed E-state index contributed by atoms with van der Waals surface area (Å²) in [5, 5.41) is 0.661. The van der Waals surface area contributed by atoms with Crippen molar-refractivity contribution in [1.82, 2.24) is 9.88 Å². The molecule has 1 fully saturated rings. The highest BCUT2D eigenvalue weighted by Crippen LogP contribution is 2.26. The van der Waals surface area contributed by atoms with Gasteiger partial charge in [-0.25, -0.2) is 4.98 Å². The van der Waals surface area contributed by atoms with Crippen molar-refractivity contribution in [2.75, 3.05) is 12.8 Å². The minimum absolute atomic E-state index is 0.661. The van der Waals surface area contributed by atoms with Crippen LogP contribution in [0.3, 0.4) is 0 Å². The second kappa shape index (κ2) is 6.10. The number of hydrogen-bond acceptors (Lipinski definition) is 4. The van der Waals surface area contributed by atoms with Crippen LogP contribution in [0, 0.1) is 0 Å². The Bertz CT molecular complexity index is 570. The molecule has 1 heterocycles. The van der Waals surface area contributed by atoms with Gasteiger partial charge in [-0.15, -0.1) is 0 Å². The molecular formula is C16H23N3S. The molecule has 4 heteroatoms. The van der Waals surface area contributed by atoms with E-state index in [-0.39, 0.29) is 0 Å². The van der Waals surface area contributed by atoms with Crippen molar-refractivity contribution in [2.45, 2.75) is 51.1 Å². The minimum Gasteiger partial charge on any atom is -0.375 e. The number of rotatable bonds is 3. The molecule has 1 saturated carbocycles. The van der Waals surface area contributed by atoms with Gasteiger partial charge in [0.25, 0.3) is 0 Å². The van der Waals surface area contributed by atoms with Gasteiger partial charge in [0, 0.05) is 12.6 Å². The van der Waals surface area contributed by atoms with Crippen molar-refractivity contribution in [2.24, 2.45) is 0 Å². The molecule has 0 bridgehead atoms. The molecule has 0 spiro atoms. The van der Waals surface area contributed by atoms with Gasteiger partial charge >= 0.3 is 0 Å². The number of nitrogens with zero attached hydrogens (tertiary/aromatic N) is 2. The molecule has 2 aromatic rings. The van der Waals surface area contributed by atoms with Crippen LogP contribution in [-0.4, -0.2) is 23.0 Å². The van der Waals surface area contributed by atoms with E-state index < -0.39 is 0 Å². The molecule has 2 N–H and O–H groups in total. The fourth-order valence-electron chi connectivity index (χ4n) is 3.20. The van der Waals surface area contributed by atoms with Gasteiger partial charge in [0.15, 0.2) is 5.13 Å². The predicted octanol–water partition coefficient (Wildman–Crippen LogP) is 4.03. The highest BCUT2D eigenvalue weighted by molar-refractivity contribution is 7.22. The average Bonchev–Trinajstić information content (AvgIpc) is 2.64. The number of nitrogens with two attached hydrogens (primary N) is 1. The Morgan fingerprint density at radius 1 is 1.25 bits per heavy atom. The molecule has 1 aromatic heterocycles. The van der Waals surface area contributed by atoms with Crippen LogP contribution in [0.25, 0.3) is 10.2 Å². The van der Waals surface area contributed by atoms with Crippen LogP contribution in [0.5, 0.6) is 0 Å². The monoisotopic (exact) mass is 289 g/mol. The Morgan fingerprint density at radius 2 is 2.00 bits per heavy atom. The largest absolute Gasteiger partial charge is 0.375 e. The molecule has 1 aliphatic carbocycles. The Hall–Kier alpha value is -1.13. The maximum Gasteiger partial charge on any atom is 0.181 e. The van der Waals surface area contributed by atoms with Gasteiger partial charge in [-0.1, -0.05) is 43.1 Å². The normalized spacial score (nSPS) is 17.7.